The Morgan fingerprint density at radius 3 is 2.17 bits per heavy atom. The number of carbonyl (C=O) groups excluding carboxylic acids is 2. The lowest BCUT2D eigenvalue weighted by Gasteiger charge is -2.33. The smallest absolute Gasteiger partial charge is 0.264 e. The van der Waals surface area contributed by atoms with Crippen LogP contribution in [0.3, 0.4) is 0 Å². The van der Waals surface area contributed by atoms with Gasteiger partial charge in [0.05, 0.1) is 10.6 Å². The molecule has 7 nitrogen and oxygen atoms in total. The summed E-state index contributed by atoms with van der Waals surface area (Å²) in [5, 5.41) is 3.14. The number of aryl methyl sites for hydroxylation is 3. The number of carbonyl (C=O) groups is 2. The number of anilines is 1. The fraction of sp³-hybridized carbons (Fsp3) is 0.394. The Balaban J connectivity index is 1.69. The topological polar surface area (TPSA) is 86.8 Å². The highest BCUT2D eigenvalue weighted by atomic mass is 79.9. The van der Waals surface area contributed by atoms with E-state index in [-0.39, 0.29) is 23.4 Å². The second-order valence-corrected chi connectivity index (χ2v) is 14.0. The van der Waals surface area contributed by atoms with Crippen LogP contribution in [0.2, 0.25) is 0 Å². The SMILES string of the molecule is Cc1ccc(S(=O)(=O)N(CC(=O)N(Cc2ccc(Br)cc2)[C@@H](C)C(=O)NC2CCCCC2)c2ccc(C)c(C)c2)cc1. The van der Waals surface area contributed by atoms with Crippen LogP contribution in [0.15, 0.2) is 76.1 Å². The molecule has 1 fully saturated rings. The normalized spacial score (nSPS) is 14.7. The van der Waals surface area contributed by atoms with Crippen LogP contribution in [0.25, 0.3) is 0 Å². The van der Waals surface area contributed by atoms with Gasteiger partial charge in [0.2, 0.25) is 11.8 Å². The van der Waals surface area contributed by atoms with Gasteiger partial charge in [-0.2, -0.15) is 0 Å². The summed E-state index contributed by atoms with van der Waals surface area (Å²) in [5.41, 5.74) is 4.10. The number of hydrogen-bond acceptors (Lipinski definition) is 4. The van der Waals surface area contributed by atoms with Gasteiger partial charge in [0, 0.05) is 17.1 Å². The Morgan fingerprint density at radius 1 is 0.905 bits per heavy atom. The third kappa shape index (κ3) is 7.81. The van der Waals surface area contributed by atoms with E-state index in [4.69, 9.17) is 0 Å². The standard InChI is InChI=1S/C33H40BrN3O4S/c1-23-10-18-31(19-11-23)42(40,41)37(30-17-12-24(2)25(3)20-30)22-32(38)36(21-27-13-15-28(34)16-14-27)26(4)33(39)35-29-8-6-5-7-9-29/h10-20,26,29H,5-9,21-22H2,1-4H3,(H,35,39)/t26-/m0/s1. The summed E-state index contributed by atoms with van der Waals surface area (Å²) in [4.78, 5) is 29.2. The minimum atomic E-state index is -4.10. The van der Waals surface area contributed by atoms with E-state index in [2.05, 4.69) is 21.2 Å². The summed E-state index contributed by atoms with van der Waals surface area (Å²) in [6.45, 7) is 7.18. The summed E-state index contributed by atoms with van der Waals surface area (Å²) >= 11 is 3.45. The molecule has 0 saturated heterocycles. The summed E-state index contributed by atoms with van der Waals surface area (Å²) in [6.07, 6.45) is 5.16. The van der Waals surface area contributed by atoms with E-state index < -0.39 is 28.5 Å². The van der Waals surface area contributed by atoms with Crippen molar-refractivity contribution in [1.82, 2.24) is 10.2 Å². The van der Waals surface area contributed by atoms with Crippen molar-refractivity contribution in [3.63, 3.8) is 0 Å². The lowest BCUT2D eigenvalue weighted by molar-refractivity contribution is -0.139. The quantitative estimate of drug-likeness (QED) is 0.273. The predicted molar refractivity (Wildman–Crippen MR) is 171 cm³/mol. The lowest BCUT2D eigenvalue weighted by atomic mass is 9.95. The molecule has 9 heteroatoms. The van der Waals surface area contributed by atoms with Gasteiger partial charge in [0.1, 0.15) is 12.6 Å². The molecule has 0 unspecified atom stereocenters. The lowest BCUT2D eigenvalue weighted by Crippen LogP contribution is -2.53. The minimum Gasteiger partial charge on any atom is -0.352 e. The first kappa shape index (κ1) is 31.8. The van der Waals surface area contributed by atoms with E-state index in [9.17, 15) is 18.0 Å². The summed E-state index contributed by atoms with van der Waals surface area (Å²) in [6, 6.07) is 18.8. The zero-order chi connectivity index (χ0) is 30.4. The Kier molecular flexibility index (Phi) is 10.5. The Morgan fingerprint density at radius 2 is 1.55 bits per heavy atom. The molecule has 1 aliphatic carbocycles. The molecule has 0 aliphatic heterocycles. The van der Waals surface area contributed by atoms with Crippen molar-refractivity contribution in [2.45, 2.75) is 83.3 Å². The molecule has 0 aromatic heterocycles. The Bertz CT molecular complexity index is 1500. The maximum absolute atomic E-state index is 14.2. The van der Waals surface area contributed by atoms with Crippen molar-refractivity contribution in [2.24, 2.45) is 0 Å². The number of rotatable bonds is 10. The molecule has 1 saturated carbocycles. The average Bonchev–Trinajstić information content (AvgIpc) is 2.97. The highest BCUT2D eigenvalue weighted by Crippen LogP contribution is 2.27. The van der Waals surface area contributed by atoms with Crippen LogP contribution in [0.1, 0.15) is 61.3 Å². The highest BCUT2D eigenvalue weighted by Gasteiger charge is 2.33. The summed E-state index contributed by atoms with van der Waals surface area (Å²) < 4.78 is 30.1. The molecular weight excluding hydrogens is 614 g/mol. The van der Waals surface area contributed by atoms with Gasteiger partial charge in [-0.25, -0.2) is 8.42 Å². The van der Waals surface area contributed by atoms with Crippen molar-refractivity contribution >= 4 is 43.5 Å². The number of sulfonamides is 1. The minimum absolute atomic E-state index is 0.0901. The van der Waals surface area contributed by atoms with E-state index >= 15 is 0 Å². The number of nitrogens with one attached hydrogen (secondary N) is 1. The van der Waals surface area contributed by atoms with E-state index in [1.165, 1.54) is 11.3 Å². The second kappa shape index (κ2) is 13.9. The Hall–Kier alpha value is -3.17. The van der Waals surface area contributed by atoms with Crippen molar-refractivity contribution in [1.29, 1.82) is 0 Å². The third-order valence-corrected chi connectivity index (χ3v) is 10.4. The van der Waals surface area contributed by atoms with Gasteiger partial charge in [-0.1, -0.05) is 71.1 Å². The van der Waals surface area contributed by atoms with Gasteiger partial charge < -0.3 is 10.2 Å². The molecule has 0 radical (unpaired) electrons. The first-order valence-corrected chi connectivity index (χ1v) is 16.7. The van der Waals surface area contributed by atoms with Crippen molar-refractivity contribution in [2.75, 3.05) is 10.8 Å². The molecule has 4 rings (SSSR count). The zero-order valence-electron chi connectivity index (χ0n) is 24.8. The van der Waals surface area contributed by atoms with Crippen LogP contribution < -0.4 is 9.62 Å². The van der Waals surface area contributed by atoms with Gasteiger partial charge in [-0.3, -0.25) is 13.9 Å². The third-order valence-electron chi connectivity index (χ3n) is 8.05. The van der Waals surface area contributed by atoms with Gasteiger partial charge in [0.15, 0.2) is 0 Å². The van der Waals surface area contributed by atoms with Gasteiger partial charge in [-0.05, 0) is 93.6 Å². The fourth-order valence-corrected chi connectivity index (χ4v) is 6.86. The molecule has 3 aromatic rings. The molecule has 3 aromatic carbocycles. The predicted octanol–water partition coefficient (Wildman–Crippen LogP) is 6.44. The number of halogens is 1. The molecule has 0 heterocycles. The van der Waals surface area contributed by atoms with Crippen LogP contribution in [0.5, 0.6) is 0 Å². The van der Waals surface area contributed by atoms with Gasteiger partial charge in [-0.15, -0.1) is 0 Å². The van der Waals surface area contributed by atoms with Crippen LogP contribution in [0, 0.1) is 20.8 Å². The van der Waals surface area contributed by atoms with E-state index in [1.807, 2.05) is 51.1 Å². The number of nitrogens with zero attached hydrogens (tertiary/aromatic N) is 2. The van der Waals surface area contributed by atoms with Crippen LogP contribution in [-0.4, -0.2) is 43.8 Å². The molecule has 1 atom stereocenters. The molecule has 42 heavy (non-hydrogen) atoms. The summed E-state index contributed by atoms with van der Waals surface area (Å²) in [7, 11) is -4.10. The first-order chi connectivity index (χ1) is 20.0. The van der Waals surface area contributed by atoms with E-state index in [0.29, 0.717) is 5.69 Å². The average molecular weight is 655 g/mol. The molecular formula is C33H40BrN3O4S. The second-order valence-electron chi connectivity index (χ2n) is 11.3. The van der Waals surface area contributed by atoms with Gasteiger partial charge in [0.25, 0.3) is 10.0 Å². The monoisotopic (exact) mass is 653 g/mol. The maximum Gasteiger partial charge on any atom is 0.264 e. The van der Waals surface area contributed by atoms with Crippen molar-refractivity contribution in [3.05, 3.63) is 93.5 Å². The molecule has 0 bridgehead atoms. The number of amides is 2. The largest absolute Gasteiger partial charge is 0.352 e. The molecule has 2 amide bonds. The summed E-state index contributed by atoms with van der Waals surface area (Å²) in [5.74, 6) is -0.690. The van der Waals surface area contributed by atoms with Crippen molar-refractivity contribution in [3.8, 4) is 0 Å². The molecule has 224 valence electrons. The number of hydrogen-bond donors (Lipinski definition) is 1. The van der Waals surface area contributed by atoms with Gasteiger partial charge >= 0.3 is 0 Å². The maximum atomic E-state index is 14.2. The van der Waals surface area contributed by atoms with E-state index in [0.717, 1.165) is 56.7 Å². The first-order valence-electron chi connectivity index (χ1n) is 14.5. The van der Waals surface area contributed by atoms with E-state index in [1.54, 1.807) is 43.3 Å². The van der Waals surface area contributed by atoms with Crippen LogP contribution >= 0.6 is 15.9 Å². The molecule has 1 aliphatic rings. The number of benzene rings is 3. The molecule has 0 spiro atoms. The van der Waals surface area contributed by atoms with Crippen molar-refractivity contribution < 1.29 is 18.0 Å². The fourth-order valence-electron chi connectivity index (χ4n) is 5.18. The zero-order valence-corrected chi connectivity index (χ0v) is 27.2. The molecule has 1 N–H and O–H groups in total. The Labute approximate surface area is 258 Å². The van der Waals surface area contributed by atoms with Crippen LogP contribution in [0.4, 0.5) is 5.69 Å². The highest BCUT2D eigenvalue weighted by molar-refractivity contribution is 9.10. The van der Waals surface area contributed by atoms with Crippen LogP contribution in [-0.2, 0) is 26.2 Å².